The molecule has 0 bridgehead atoms. The van der Waals surface area contributed by atoms with Crippen LogP contribution in [0.3, 0.4) is 0 Å². The Balaban J connectivity index is 3.38. The number of nitrogens with one attached hydrogen (secondary N) is 1. The van der Waals surface area contributed by atoms with Gasteiger partial charge in [-0.05, 0) is 77.0 Å². The molecule has 0 aliphatic rings. The Morgan fingerprint density at radius 3 is 1.00 bits per heavy atom. The summed E-state index contributed by atoms with van der Waals surface area (Å²) in [6, 6.07) is -0.644. The Hall–Kier alpha value is -1.91. The van der Waals surface area contributed by atoms with Gasteiger partial charge in [-0.3, -0.25) is 4.79 Å². The summed E-state index contributed by atoms with van der Waals surface area (Å²) in [7, 11) is 0. The number of aliphatic hydroxyl groups is 2. The van der Waals surface area contributed by atoms with Gasteiger partial charge in [0.2, 0.25) is 5.91 Å². The van der Waals surface area contributed by atoms with Gasteiger partial charge >= 0.3 is 0 Å². The first kappa shape index (κ1) is 64.1. The van der Waals surface area contributed by atoms with E-state index in [4.69, 9.17) is 0 Å². The van der Waals surface area contributed by atoms with E-state index in [2.05, 4.69) is 67.8 Å². The Bertz CT molecular complexity index is 1090. The zero-order valence-corrected chi connectivity index (χ0v) is 44.5. The third kappa shape index (κ3) is 53.1. The Morgan fingerprint density at radius 2 is 0.636 bits per heavy atom. The minimum absolute atomic E-state index is 0.0752. The van der Waals surface area contributed by atoms with Crippen LogP contribution in [0.15, 0.2) is 60.8 Å². The average molecular weight is 923 g/mol. The van der Waals surface area contributed by atoms with Crippen LogP contribution in [-0.2, 0) is 4.79 Å². The highest BCUT2D eigenvalue weighted by Crippen LogP contribution is 2.17. The van der Waals surface area contributed by atoms with Crippen molar-refractivity contribution >= 4 is 5.91 Å². The van der Waals surface area contributed by atoms with E-state index in [1.54, 1.807) is 6.08 Å². The number of allylic oxidation sites excluding steroid dienone is 9. The van der Waals surface area contributed by atoms with Gasteiger partial charge in [0.1, 0.15) is 0 Å². The molecule has 3 N–H and O–H groups in total. The summed E-state index contributed by atoms with van der Waals surface area (Å²) in [5, 5.41) is 23.0. The van der Waals surface area contributed by atoms with Crippen molar-refractivity contribution in [3.05, 3.63) is 60.8 Å². The van der Waals surface area contributed by atoms with Crippen molar-refractivity contribution < 1.29 is 15.0 Å². The molecule has 2 atom stereocenters. The molecule has 4 nitrogen and oxygen atoms in total. The molecule has 0 aromatic rings. The maximum Gasteiger partial charge on any atom is 0.220 e. The lowest BCUT2D eigenvalue weighted by molar-refractivity contribution is -0.123. The van der Waals surface area contributed by atoms with Crippen molar-refractivity contribution in [2.75, 3.05) is 6.61 Å². The topological polar surface area (TPSA) is 69.6 Å². The fraction of sp³-hybridized carbons (Fsp3) is 0.823. The molecule has 386 valence electrons. The van der Waals surface area contributed by atoms with Crippen LogP contribution in [0.5, 0.6) is 0 Å². The summed E-state index contributed by atoms with van der Waals surface area (Å²) in [4.78, 5) is 12.4. The molecule has 0 fully saturated rings. The van der Waals surface area contributed by atoms with Crippen molar-refractivity contribution in [1.82, 2.24) is 5.32 Å². The van der Waals surface area contributed by atoms with E-state index in [1.807, 2.05) is 6.08 Å². The standard InChI is InChI=1S/C62H115NO3/c1-3-5-7-9-11-13-15-17-18-19-20-21-22-23-24-25-26-27-28-29-30-31-32-33-34-35-36-37-38-39-40-41-42-43-44-46-48-50-52-54-56-58-62(66)63-60(59-64)61(65)57-55-53-51-49-47-45-16-14-12-10-8-6-4-2/h12,14-15,17,19-20,47,49,55,57,60-61,64-65H,3-11,13,16,18,21-46,48,50-54,56,58-59H2,1-2H3,(H,63,66)/b14-12+,17-15-,20-19-,49-47+,57-55+. The zero-order valence-electron chi connectivity index (χ0n) is 44.5. The van der Waals surface area contributed by atoms with Crippen molar-refractivity contribution in [3.8, 4) is 0 Å². The first-order chi connectivity index (χ1) is 32.7. The fourth-order valence-corrected chi connectivity index (χ4v) is 8.95. The largest absolute Gasteiger partial charge is 0.394 e. The smallest absolute Gasteiger partial charge is 0.220 e. The average Bonchev–Trinajstić information content (AvgIpc) is 3.32. The molecule has 0 heterocycles. The monoisotopic (exact) mass is 922 g/mol. The van der Waals surface area contributed by atoms with Crippen LogP contribution in [-0.4, -0.2) is 34.9 Å². The van der Waals surface area contributed by atoms with Crippen molar-refractivity contribution in [2.24, 2.45) is 0 Å². The van der Waals surface area contributed by atoms with Gasteiger partial charge in [-0.15, -0.1) is 0 Å². The highest BCUT2D eigenvalue weighted by Gasteiger charge is 2.18. The minimum atomic E-state index is -0.869. The normalized spacial score (nSPS) is 13.2. The summed E-state index contributed by atoms with van der Waals surface area (Å²) < 4.78 is 0. The van der Waals surface area contributed by atoms with Gasteiger partial charge in [-0.25, -0.2) is 0 Å². The SMILES string of the molecule is CCCCC/C=C/CC/C=C/CC/C=C/C(O)C(CO)NC(=O)CCCCCCCCCCCCCCCCCCCCCCCCCCCCCCC/C=C\C/C=C\CCCCCCC. The summed E-state index contributed by atoms with van der Waals surface area (Å²) in [5.41, 5.74) is 0. The third-order valence-corrected chi connectivity index (χ3v) is 13.5. The van der Waals surface area contributed by atoms with Crippen molar-refractivity contribution in [1.29, 1.82) is 0 Å². The van der Waals surface area contributed by atoms with Crippen LogP contribution in [0.4, 0.5) is 0 Å². The summed E-state index contributed by atoms with van der Waals surface area (Å²) in [5.74, 6) is -0.0752. The molecule has 0 aromatic heterocycles. The van der Waals surface area contributed by atoms with Crippen molar-refractivity contribution in [3.63, 3.8) is 0 Å². The van der Waals surface area contributed by atoms with Gasteiger partial charge in [-0.2, -0.15) is 0 Å². The van der Waals surface area contributed by atoms with E-state index in [0.29, 0.717) is 6.42 Å². The number of amides is 1. The molecule has 0 saturated carbocycles. The molecule has 0 saturated heterocycles. The molecule has 0 rings (SSSR count). The lowest BCUT2D eigenvalue weighted by Gasteiger charge is -2.19. The van der Waals surface area contributed by atoms with E-state index < -0.39 is 12.1 Å². The number of hydrogen-bond acceptors (Lipinski definition) is 3. The van der Waals surface area contributed by atoms with Crippen LogP contribution >= 0.6 is 0 Å². The van der Waals surface area contributed by atoms with E-state index in [-0.39, 0.29) is 12.5 Å². The highest BCUT2D eigenvalue weighted by atomic mass is 16.3. The molecular weight excluding hydrogens is 807 g/mol. The highest BCUT2D eigenvalue weighted by molar-refractivity contribution is 5.76. The van der Waals surface area contributed by atoms with Crippen LogP contribution in [0, 0.1) is 0 Å². The van der Waals surface area contributed by atoms with E-state index in [9.17, 15) is 15.0 Å². The maximum atomic E-state index is 12.4. The van der Waals surface area contributed by atoms with Crippen LogP contribution in [0.2, 0.25) is 0 Å². The third-order valence-electron chi connectivity index (χ3n) is 13.5. The molecule has 2 unspecified atom stereocenters. The molecule has 66 heavy (non-hydrogen) atoms. The first-order valence-electron chi connectivity index (χ1n) is 29.5. The molecule has 0 spiro atoms. The van der Waals surface area contributed by atoms with Gasteiger partial charge in [0, 0.05) is 6.42 Å². The van der Waals surface area contributed by atoms with Crippen LogP contribution < -0.4 is 5.32 Å². The lowest BCUT2D eigenvalue weighted by Crippen LogP contribution is -2.45. The molecule has 1 amide bonds. The van der Waals surface area contributed by atoms with Gasteiger partial charge in [0.05, 0.1) is 18.8 Å². The molecular formula is C62H115NO3. The number of carbonyl (C=O) groups excluding carboxylic acids is 1. The van der Waals surface area contributed by atoms with E-state index in [0.717, 1.165) is 44.9 Å². The predicted molar refractivity (Wildman–Crippen MR) is 294 cm³/mol. The Morgan fingerprint density at radius 1 is 0.364 bits per heavy atom. The fourth-order valence-electron chi connectivity index (χ4n) is 8.95. The molecule has 0 aliphatic carbocycles. The van der Waals surface area contributed by atoms with E-state index >= 15 is 0 Å². The van der Waals surface area contributed by atoms with Gasteiger partial charge in [-0.1, -0.05) is 286 Å². The van der Waals surface area contributed by atoms with Gasteiger partial charge < -0.3 is 15.5 Å². The van der Waals surface area contributed by atoms with E-state index in [1.165, 1.54) is 244 Å². The molecule has 0 aromatic carbocycles. The molecule has 0 aliphatic heterocycles. The number of aliphatic hydroxyl groups excluding tert-OH is 2. The molecule has 0 radical (unpaired) electrons. The van der Waals surface area contributed by atoms with Crippen LogP contribution in [0.1, 0.15) is 309 Å². The maximum absolute atomic E-state index is 12.4. The van der Waals surface area contributed by atoms with Crippen molar-refractivity contribution in [2.45, 2.75) is 321 Å². The first-order valence-corrected chi connectivity index (χ1v) is 29.5. The number of carbonyl (C=O) groups is 1. The summed E-state index contributed by atoms with van der Waals surface area (Å²) >= 11 is 0. The number of rotatable bonds is 54. The lowest BCUT2D eigenvalue weighted by atomic mass is 10.0. The predicted octanol–water partition coefficient (Wildman–Crippen LogP) is 19.6. The summed E-state index contributed by atoms with van der Waals surface area (Å²) in [6.45, 7) is 4.26. The van der Waals surface area contributed by atoms with Gasteiger partial charge in [0.25, 0.3) is 0 Å². The number of unbranched alkanes of at least 4 members (excludes halogenated alkanes) is 39. The van der Waals surface area contributed by atoms with Crippen LogP contribution in [0.25, 0.3) is 0 Å². The zero-order chi connectivity index (χ0) is 47.7. The van der Waals surface area contributed by atoms with Gasteiger partial charge in [0.15, 0.2) is 0 Å². The number of hydrogen-bond donors (Lipinski definition) is 3. The Labute approximate surface area is 413 Å². The molecule has 4 heteroatoms. The minimum Gasteiger partial charge on any atom is -0.394 e. The summed E-state index contributed by atoms with van der Waals surface area (Å²) in [6.07, 6.45) is 81.3. The Kier molecular flexibility index (Phi) is 55.7. The second-order valence-corrected chi connectivity index (χ2v) is 20.0. The second-order valence-electron chi connectivity index (χ2n) is 20.0. The second kappa shape index (κ2) is 57.4. The quantitative estimate of drug-likeness (QED) is 0.0420.